The summed E-state index contributed by atoms with van der Waals surface area (Å²) in [5, 5.41) is 0.617. The molecule has 0 amide bonds. The molecule has 2 aromatic rings. The lowest BCUT2D eigenvalue weighted by Crippen LogP contribution is -2.06. The number of benzene rings is 2. The van der Waals surface area contributed by atoms with Gasteiger partial charge in [-0.25, -0.2) is 4.39 Å². The minimum absolute atomic E-state index is 0.0443. The number of carbonyl (C=O) groups excluding carboxylic acids is 1. The van der Waals surface area contributed by atoms with Gasteiger partial charge < -0.3 is 0 Å². The highest BCUT2D eigenvalue weighted by atomic mass is 35.5. The van der Waals surface area contributed by atoms with Crippen molar-refractivity contribution in [3.8, 4) is 0 Å². The number of hydrogen-bond donors (Lipinski definition) is 0. The number of halogens is 2. The Labute approximate surface area is 110 Å². The Morgan fingerprint density at radius 3 is 2.22 bits per heavy atom. The second-order valence-electron chi connectivity index (χ2n) is 4.15. The van der Waals surface area contributed by atoms with Crippen LogP contribution in [-0.2, 0) is 17.6 Å². The van der Waals surface area contributed by atoms with E-state index in [0.717, 1.165) is 5.56 Å². The number of rotatable bonds is 4. The average molecular weight is 263 g/mol. The van der Waals surface area contributed by atoms with Gasteiger partial charge in [-0.2, -0.15) is 0 Å². The van der Waals surface area contributed by atoms with Crippen LogP contribution in [0.25, 0.3) is 0 Å². The van der Waals surface area contributed by atoms with Gasteiger partial charge in [0, 0.05) is 17.9 Å². The maximum Gasteiger partial charge on any atom is 0.141 e. The summed E-state index contributed by atoms with van der Waals surface area (Å²) in [6.45, 7) is 0. The highest BCUT2D eigenvalue weighted by Gasteiger charge is 2.06. The number of ketones is 1. The predicted octanol–water partition coefficient (Wildman–Crippen LogP) is 3.83. The molecule has 0 radical (unpaired) electrons. The van der Waals surface area contributed by atoms with Crippen LogP contribution in [0.3, 0.4) is 0 Å². The van der Waals surface area contributed by atoms with Crippen LogP contribution in [0.4, 0.5) is 4.39 Å². The summed E-state index contributed by atoms with van der Waals surface area (Å²) < 4.78 is 13.0. The lowest BCUT2D eigenvalue weighted by atomic mass is 10.0. The normalized spacial score (nSPS) is 10.3. The molecule has 0 aromatic heterocycles. The Bertz CT molecular complexity index is 516. The van der Waals surface area contributed by atoms with Crippen molar-refractivity contribution >= 4 is 17.4 Å². The molecule has 2 aromatic carbocycles. The van der Waals surface area contributed by atoms with E-state index in [4.69, 9.17) is 11.6 Å². The quantitative estimate of drug-likeness (QED) is 0.818. The molecular formula is C15H12ClFO. The van der Waals surface area contributed by atoms with Gasteiger partial charge in [-0.1, -0.05) is 35.9 Å². The molecule has 1 nitrogen and oxygen atoms in total. The van der Waals surface area contributed by atoms with E-state index < -0.39 is 0 Å². The maximum atomic E-state index is 13.0. The molecule has 2 rings (SSSR count). The fraction of sp³-hybridized carbons (Fsp3) is 0.133. The standard InChI is InChI=1S/C15H12ClFO/c16-13-5-1-3-11(7-13)9-15(18)10-12-4-2-6-14(17)8-12/h1-8H,9-10H2. The van der Waals surface area contributed by atoms with Crippen LogP contribution in [0.1, 0.15) is 11.1 Å². The SMILES string of the molecule is O=C(Cc1cccc(F)c1)Cc1cccc(Cl)c1. The molecule has 0 aliphatic rings. The monoisotopic (exact) mass is 262 g/mol. The lowest BCUT2D eigenvalue weighted by molar-refractivity contribution is -0.117. The van der Waals surface area contributed by atoms with Crippen LogP contribution >= 0.6 is 11.6 Å². The van der Waals surface area contributed by atoms with Crippen molar-refractivity contribution in [3.05, 3.63) is 70.5 Å². The van der Waals surface area contributed by atoms with Gasteiger partial charge in [0.25, 0.3) is 0 Å². The zero-order chi connectivity index (χ0) is 13.0. The topological polar surface area (TPSA) is 17.1 Å². The summed E-state index contributed by atoms with van der Waals surface area (Å²) in [6.07, 6.45) is 0.557. The van der Waals surface area contributed by atoms with Crippen molar-refractivity contribution in [1.29, 1.82) is 0 Å². The fourth-order valence-corrected chi connectivity index (χ4v) is 2.02. The third kappa shape index (κ3) is 3.67. The third-order valence-electron chi connectivity index (χ3n) is 2.58. The Morgan fingerprint density at radius 1 is 1.00 bits per heavy atom. The molecule has 0 aliphatic carbocycles. The smallest absolute Gasteiger partial charge is 0.141 e. The fourth-order valence-electron chi connectivity index (χ4n) is 1.81. The molecule has 0 fully saturated rings. The Hall–Kier alpha value is -1.67. The maximum absolute atomic E-state index is 13.0. The predicted molar refractivity (Wildman–Crippen MR) is 70.3 cm³/mol. The summed E-state index contributed by atoms with van der Waals surface area (Å²) in [7, 11) is 0. The van der Waals surface area contributed by atoms with E-state index in [2.05, 4.69) is 0 Å². The van der Waals surface area contributed by atoms with E-state index in [1.807, 2.05) is 12.1 Å². The van der Waals surface area contributed by atoms with Crippen LogP contribution in [0.2, 0.25) is 5.02 Å². The van der Waals surface area contributed by atoms with E-state index in [-0.39, 0.29) is 18.0 Å². The highest BCUT2D eigenvalue weighted by molar-refractivity contribution is 6.30. The van der Waals surface area contributed by atoms with Crippen molar-refractivity contribution < 1.29 is 9.18 Å². The molecule has 0 saturated heterocycles. The van der Waals surface area contributed by atoms with Gasteiger partial charge in [0.2, 0.25) is 0 Å². The zero-order valence-corrected chi connectivity index (χ0v) is 10.5. The van der Waals surface area contributed by atoms with E-state index >= 15 is 0 Å². The molecule has 0 bridgehead atoms. The first kappa shape index (κ1) is 12.8. The number of Topliss-reactive ketones (excluding diaryl/α,β-unsaturated/α-hetero) is 1. The second kappa shape index (κ2) is 5.78. The molecule has 18 heavy (non-hydrogen) atoms. The van der Waals surface area contributed by atoms with Gasteiger partial charge in [0.15, 0.2) is 0 Å². The first-order chi connectivity index (χ1) is 8.63. The number of hydrogen-bond acceptors (Lipinski definition) is 1. The van der Waals surface area contributed by atoms with Crippen molar-refractivity contribution in [3.63, 3.8) is 0 Å². The molecule has 0 unspecified atom stereocenters. The highest BCUT2D eigenvalue weighted by Crippen LogP contribution is 2.12. The van der Waals surface area contributed by atoms with Gasteiger partial charge in [-0.05, 0) is 35.4 Å². The third-order valence-corrected chi connectivity index (χ3v) is 2.82. The lowest BCUT2D eigenvalue weighted by Gasteiger charge is -2.02. The van der Waals surface area contributed by atoms with Crippen molar-refractivity contribution in [2.45, 2.75) is 12.8 Å². The van der Waals surface area contributed by atoms with Crippen molar-refractivity contribution in [2.75, 3.05) is 0 Å². The molecule has 0 aliphatic heterocycles. The van der Waals surface area contributed by atoms with Crippen molar-refractivity contribution in [1.82, 2.24) is 0 Å². The molecule has 0 atom stereocenters. The first-order valence-electron chi connectivity index (χ1n) is 5.64. The number of carbonyl (C=O) groups is 1. The zero-order valence-electron chi connectivity index (χ0n) is 9.70. The van der Waals surface area contributed by atoms with Gasteiger partial charge in [-0.3, -0.25) is 4.79 Å². The second-order valence-corrected chi connectivity index (χ2v) is 4.59. The van der Waals surface area contributed by atoms with Gasteiger partial charge in [-0.15, -0.1) is 0 Å². The molecule has 0 spiro atoms. The van der Waals surface area contributed by atoms with Gasteiger partial charge in [0.05, 0.1) is 0 Å². The van der Waals surface area contributed by atoms with Crippen LogP contribution < -0.4 is 0 Å². The Morgan fingerprint density at radius 2 is 1.61 bits per heavy atom. The van der Waals surface area contributed by atoms with E-state index in [1.54, 1.807) is 24.3 Å². The van der Waals surface area contributed by atoms with Crippen LogP contribution in [0.15, 0.2) is 48.5 Å². The van der Waals surface area contributed by atoms with E-state index in [0.29, 0.717) is 17.0 Å². The summed E-state index contributed by atoms with van der Waals surface area (Å²) in [5.41, 5.74) is 1.57. The molecule has 3 heteroatoms. The average Bonchev–Trinajstić information content (AvgIpc) is 2.28. The summed E-state index contributed by atoms with van der Waals surface area (Å²) in [4.78, 5) is 11.8. The molecule has 0 N–H and O–H groups in total. The molecule has 0 saturated carbocycles. The van der Waals surface area contributed by atoms with Crippen molar-refractivity contribution in [2.24, 2.45) is 0 Å². The van der Waals surface area contributed by atoms with Crippen LogP contribution in [0, 0.1) is 5.82 Å². The minimum atomic E-state index is -0.317. The Kier molecular flexibility index (Phi) is 4.11. The minimum Gasteiger partial charge on any atom is -0.299 e. The largest absolute Gasteiger partial charge is 0.299 e. The first-order valence-corrected chi connectivity index (χ1v) is 6.02. The van der Waals surface area contributed by atoms with E-state index in [1.165, 1.54) is 12.1 Å². The summed E-state index contributed by atoms with van der Waals surface area (Å²) in [6, 6.07) is 13.3. The van der Waals surface area contributed by atoms with Gasteiger partial charge >= 0.3 is 0 Å². The molecular weight excluding hydrogens is 251 g/mol. The van der Waals surface area contributed by atoms with E-state index in [9.17, 15) is 9.18 Å². The molecule has 92 valence electrons. The van der Waals surface area contributed by atoms with Crippen LogP contribution in [-0.4, -0.2) is 5.78 Å². The summed E-state index contributed by atoms with van der Waals surface area (Å²) in [5.74, 6) is -0.272. The van der Waals surface area contributed by atoms with Crippen LogP contribution in [0.5, 0.6) is 0 Å². The Balaban J connectivity index is 2.01. The summed E-state index contributed by atoms with van der Waals surface area (Å²) >= 11 is 5.85. The molecule has 0 heterocycles. The van der Waals surface area contributed by atoms with Gasteiger partial charge in [0.1, 0.15) is 11.6 Å².